The molecule has 4 saturated carbocycles. The molecule has 4 fully saturated rings. The van der Waals surface area contributed by atoms with Crippen molar-refractivity contribution in [1.82, 2.24) is 15.6 Å². The Labute approximate surface area is 198 Å². The normalized spacial score (nSPS) is 29.0. The number of aromatic nitrogens is 1. The third kappa shape index (κ3) is 4.64. The number of carbonyl (C=O) groups excluding carboxylic acids is 2. The zero-order valence-corrected chi connectivity index (χ0v) is 19.1. The molecule has 4 bridgehead atoms. The molecule has 2 unspecified atom stereocenters. The molecule has 7 nitrogen and oxygen atoms in total. The SMILES string of the molecule is O=C(NC12CC3CC(C1)CC(NC(=O)c1cccc(NCCCO)n1)(C3)C2)c1cccc(F)c1. The Balaban J connectivity index is 1.31. The van der Waals surface area contributed by atoms with Crippen LogP contribution in [0.1, 0.15) is 65.8 Å². The number of nitrogens with one attached hydrogen (secondary N) is 3. The summed E-state index contributed by atoms with van der Waals surface area (Å²) in [5, 5.41) is 18.6. The molecule has 6 rings (SSSR count). The number of nitrogens with zero attached hydrogens (tertiary/aromatic N) is 1. The number of aliphatic hydroxyl groups is 1. The van der Waals surface area contributed by atoms with Crippen molar-refractivity contribution < 1.29 is 19.1 Å². The lowest BCUT2D eigenvalue weighted by atomic mass is 9.49. The highest BCUT2D eigenvalue weighted by Gasteiger charge is 2.58. The minimum absolute atomic E-state index is 0.0928. The van der Waals surface area contributed by atoms with Crippen LogP contribution in [0.4, 0.5) is 10.2 Å². The largest absolute Gasteiger partial charge is 0.396 e. The average Bonchev–Trinajstić information content (AvgIpc) is 2.78. The van der Waals surface area contributed by atoms with Gasteiger partial charge in [-0.3, -0.25) is 9.59 Å². The number of aliphatic hydroxyl groups excluding tert-OH is 1. The fourth-order valence-electron chi connectivity index (χ4n) is 6.76. The topological polar surface area (TPSA) is 103 Å². The van der Waals surface area contributed by atoms with Crippen LogP contribution in [-0.4, -0.2) is 46.1 Å². The van der Waals surface area contributed by atoms with Crippen LogP contribution < -0.4 is 16.0 Å². The molecule has 180 valence electrons. The number of hydrogen-bond acceptors (Lipinski definition) is 5. The van der Waals surface area contributed by atoms with Gasteiger partial charge < -0.3 is 21.1 Å². The molecule has 4 aliphatic carbocycles. The van der Waals surface area contributed by atoms with Crippen LogP contribution in [0.15, 0.2) is 42.5 Å². The summed E-state index contributed by atoms with van der Waals surface area (Å²) in [6.45, 7) is 0.672. The first-order chi connectivity index (χ1) is 16.4. The molecule has 8 heteroatoms. The smallest absolute Gasteiger partial charge is 0.270 e. The summed E-state index contributed by atoms with van der Waals surface area (Å²) in [7, 11) is 0. The Morgan fingerprint density at radius 2 is 1.68 bits per heavy atom. The van der Waals surface area contributed by atoms with Gasteiger partial charge in [-0.2, -0.15) is 0 Å². The molecule has 4 N–H and O–H groups in total. The van der Waals surface area contributed by atoms with Crippen molar-refractivity contribution in [2.45, 2.75) is 56.0 Å². The average molecular weight is 467 g/mol. The highest BCUT2D eigenvalue weighted by molar-refractivity contribution is 5.95. The van der Waals surface area contributed by atoms with Crippen LogP contribution in [0.2, 0.25) is 0 Å². The molecule has 0 radical (unpaired) electrons. The number of hydrogen-bond donors (Lipinski definition) is 4. The van der Waals surface area contributed by atoms with E-state index in [-0.39, 0.29) is 29.5 Å². The standard InChI is InChI=1S/C26H31FN4O3/c27-20-5-1-4-19(11-20)23(33)30-25-12-17-10-18(13-25)15-26(14-17,16-25)31-24(34)21-6-2-7-22(29-21)28-8-3-9-32/h1-2,4-7,11,17-18,32H,3,8-10,12-16H2,(H,28,29)(H,30,33)(H,31,34). The summed E-state index contributed by atoms with van der Waals surface area (Å²) in [6.07, 6.45) is 6.00. The van der Waals surface area contributed by atoms with Crippen molar-refractivity contribution in [1.29, 1.82) is 0 Å². The van der Waals surface area contributed by atoms with Gasteiger partial charge in [-0.05, 0) is 87.1 Å². The highest BCUT2D eigenvalue weighted by atomic mass is 19.1. The fourth-order valence-corrected chi connectivity index (χ4v) is 6.76. The molecule has 2 amide bonds. The van der Waals surface area contributed by atoms with Gasteiger partial charge in [0.15, 0.2) is 0 Å². The number of anilines is 1. The van der Waals surface area contributed by atoms with Gasteiger partial charge in [0.2, 0.25) is 0 Å². The molecule has 34 heavy (non-hydrogen) atoms. The van der Waals surface area contributed by atoms with Crippen molar-refractivity contribution in [3.8, 4) is 0 Å². The Hall–Kier alpha value is -3.00. The monoisotopic (exact) mass is 466 g/mol. The zero-order valence-electron chi connectivity index (χ0n) is 19.1. The first kappa shape index (κ1) is 22.8. The number of rotatable bonds is 8. The van der Waals surface area contributed by atoms with Gasteiger partial charge in [-0.1, -0.05) is 12.1 Å². The molecule has 0 aliphatic heterocycles. The summed E-state index contributed by atoms with van der Waals surface area (Å²) in [6, 6.07) is 11.1. The van der Waals surface area contributed by atoms with Gasteiger partial charge in [0.25, 0.3) is 11.8 Å². The van der Waals surface area contributed by atoms with Crippen LogP contribution in [-0.2, 0) is 0 Å². The van der Waals surface area contributed by atoms with Crippen molar-refractivity contribution in [3.63, 3.8) is 0 Å². The van der Waals surface area contributed by atoms with E-state index in [9.17, 15) is 14.0 Å². The molecular formula is C26H31FN4O3. The molecule has 2 atom stereocenters. The van der Waals surface area contributed by atoms with Crippen LogP contribution >= 0.6 is 0 Å². The second kappa shape index (κ2) is 8.98. The maximum absolute atomic E-state index is 13.7. The summed E-state index contributed by atoms with van der Waals surface area (Å²) in [4.78, 5) is 30.7. The van der Waals surface area contributed by atoms with E-state index in [1.807, 2.05) is 0 Å². The van der Waals surface area contributed by atoms with E-state index >= 15 is 0 Å². The third-order valence-corrected chi connectivity index (χ3v) is 7.53. The fraction of sp³-hybridized carbons (Fsp3) is 0.500. The maximum Gasteiger partial charge on any atom is 0.270 e. The van der Waals surface area contributed by atoms with E-state index in [0.717, 1.165) is 32.1 Å². The maximum atomic E-state index is 13.7. The van der Waals surface area contributed by atoms with E-state index in [0.29, 0.717) is 48.3 Å². The molecule has 0 spiro atoms. The first-order valence-electron chi connectivity index (χ1n) is 12.1. The van der Waals surface area contributed by atoms with Gasteiger partial charge in [-0.15, -0.1) is 0 Å². The van der Waals surface area contributed by atoms with Crippen LogP contribution in [0.25, 0.3) is 0 Å². The quantitative estimate of drug-likeness (QED) is 0.447. The van der Waals surface area contributed by atoms with E-state index in [4.69, 9.17) is 5.11 Å². The molecule has 1 aromatic heterocycles. The third-order valence-electron chi connectivity index (χ3n) is 7.53. The van der Waals surface area contributed by atoms with Crippen LogP contribution in [0.5, 0.6) is 0 Å². The van der Waals surface area contributed by atoms with Crippen LogP contribution in [0.3, 0.4) is 0 Å². The highest BCUT2D eigenvalue weighted by Crippen LogP contribution is 2.57. The summed E-state index contributed by atoms with van der Waals surface area (Å²) in [5.41, 5.74) is -0.0913. The minimum atomic E-state index is -0.428. The zero-order chi connectivity index (χ0) is 23.8. The summed E-state index contributed by atoms with van der Waals surface area (Å²) >= 11 is 0. The number of benzene rings is 1. The lowest BCUT2D eigenvalue weighted by Crippen LogP contribution is -2.69. The molecule has 0 saturated heterocycles. The second-order valence-corrected chi connectivity index (χ2v) is 10.4. The Kier molecular flexibility index (Phi) is 6.02. The van der Waals surface area contributed by atoms with Crippen molar-refractivity contribution in [2.75, 3.05) is 18.5 Å². The van der Waals surface area contributed by atoms with Gasteiger partial charge in [-0.25, -0.2) is 9.37 Å². The number of halogens is 1. The van der Waals surface area contributed by atoms with Crippen molar-refractivity contribution in [3.05, 3.63) is 59.5 Å². The van der Waals surface area contributed by atoms with Crippen molar-refractivity contribution >= 4 is 17.6 Å². The molecule has 2 aromatic rings. The molecule has 1 heterocycles. The minimum Gasteiger partial charge on any atom is -0.396 e. The Bertz CT molecular complexity index is 1080. The number of amides is 2. The summed E-state index contributed by atoms with van der Waals surface area (Å²) in [5.74, 6) is 0.584. The molecule has 1 aromatic carbocycles. The first-order valence-corrected chi connectivity index (χ1v) is 12.1. The molecular weight excluding hydrogens is 435 g/mol. The van der Waals surface area contributed by atoms with E-state index in [1.165, 1.54) is 12.1 Å². The van der Waals surface area contributed by atoms with Crippen molar-refractivity contribution in [2.24, 2.45) is 11.8 Å². The van der Waals surface area contributed by atoms with Gasteiger partial charge in [0, 0.05) is 29.8 Å². The Morgan fingerprint density at radius 3 is 2.35 bits per heavy atom. The number of pyridine rings is 1. The summed E-state index contributed by atoms with van der Waals surface area (Å²) < 4.78 is 13.7. The predicted octanol–water partition coefficient (Wildman–Crippen LogP) is 3.27. The number of carbonyl (C=O) groups is 2. The predicted molar refractivity (Wildman–Crippen MR) is 126 cm³/mol. The lowest BCUT2D eigenvalue weighted by molar-refractivity contribution is -0.0448. The van der Waals surface area contributed by atoms with E-state index in [1.54, 1.807) is 30.3 Å². The lowest BCUT2D eigenvalue weighted by Gasteiger charge is -2.62. The Morgan fingerprint density at radius 1 is 1.00 bits per heavy atom. The van der Waals surface area contributed by atoms with Gasteiger partial charge in [0.05, 0.1) is 0 Å². The van der Waals surface area contributed by atoms with Crippen LogP contribution in [0, 0.1) is 17.7 Å². The molecule has 4 aliphatic rings. The van der Waals surface area contributed by atoms with Gasteiger partial charge >= 0.3 is 0 Å². The van der Waals surface area contributed by atoms with Gasteiger partial charge in [0.1, 0.15) is 17.3 Å². The second-order valence-electron chi connectivity index (χ2n) is 10.4. The van der Waals surface area contributed by atoms with E-state index in [2.05, 4.69) is 20.9 Å². The van der Waals surface area contributed by atoms with E-state index < -0.39 is 5.82 Å².